The molecule has 2 N–H and O–H groups in total. The number of aryl methyl sites for hydroxylation is 1. The van der Waals surface area contributed by atoms with Gasteiger partial charge in [0.2, 0.25) is 10.0 Å². The summed E-state index contributed by atoms with van der Waals surface area (Å²) in [5, 5.41) is 3.24. The lowest BCUT2D eigenvalue weighted by atomic mass is 10.4. The molecule has 8 heteroatoms. The third-order valence-corrected chi connectivity index (χ3v) is 5.25. The van der Waals surface area contributed by atoms with Gasteiger partial charge in [-0.3, -0.25) is 9.62 Å². The van der Waals surface area contributed by atoms with Crippen molar-refractivity contribution in [3.63, 3.8) is 0 Å². The Kier molecular flexibility index (Phi) is 5.36. The summed E-state index contributed by atoms with van der Waals surface area (Å²) < 4.78 is 27.5. The van der Waals surface area contributed by atoms with E-state index in [1.807, 2.05) is 6.92 Å². The molecule has 0 aromatic carbocycles. The number of pyridine rings is 1. The zero-order valence-electron chi connectivity index (χ0n) is 11.4. The first-order chi connectivity index (χ1) is 9.46. The molecule has 0 bridgehead atoms. The number of nitrogens with zero attached hydrogens (tertiary/aromatic N) is 2. The van der Waals surface area contributed by atoms with E-state index in [0.29, 0.717) is 12.4 Å². The van der Waals surface area contributed by atoms with Gasteiger partial charge in [0.25, 0.3) is 0 Å². The van der Waals surface area contributed by atoms with Crippen LogP contribution in [0, 0.1) is 6.92 Å². The predicted molar refractivity (Wildman–Crippen MR) is 83.4 cm³/mol. The van der Waals surface area contributed by atoms with Crippen LogP contribution < -0.4 is 10.0 Å². The van der Waals surface area contributed by atoms with Gasteiger partial charge in [-0.1, -0.05) is 0 Å². The Bertz CT molecular complexity index is 559. The van der Waals surface area contributed by atoms with Crippen molar-refractivity contribution in [1.29, 1.82) is 0 Å². The van der Waals surface area contributed by atoms with E-state index in [1.165, 1.54) is 0 Å². The van der Waals surface area contributed by atoms with Gasteiger partial charge >= 0.3 is 0 Å². The van der Waals surface area contributed by atoms with Crippen LogP contribution in [0.3, 0.4) is 0 Å². The van der Waals surface area contributed by atoms with Crippen LogP contribution in [0.5, 0.6) is 0 Å². The van der Waals surface area contributed by atoms with Gasteiger partial charge in [-0.15, -0.1) is 0 Å². The quantitative estimate of drug-likeness (QED) is 0.810. The standard InChI is InChI=1S/C12H19BrN4O2S/c1-10-11(13)2-3-12(15-10)16-20(18,19)9-8-17-6-4-14-5-7-17/h2-3,14H,4-9H2,1H3,(H,15,16). The Morgan fingerprint density at radius 1 is 1.40 bits per heavy atom. The molecule has 0 unspecified atom stereocenters. The summed E-state index contributed by atoms with van der Waals surface area (Å²) in [5.41, 5.74) is 0.757. The Labute approximate surface area is 128 Å². The molecular weight excluding hydrogens is 344 g/mol. The number of anilines is 1. The van der Waals surface area contributed by atoms with E-state index in [-0.39, 0.29) is 5.75 Å². The molecule has 1 aromatic heterocycles. The predicted octanol–water partition coefficient (Wildman–Crippen LogP) is 0.799. The summed E-state index contributed by atoms with van der Waals surface area (Å²) >= 11 is 3.34. The van der Waals surface area contributed by atoms with Crippen LogP contribution in [-0.4, -0.2) is 56.8 Å². The van der Waals surface area contributed by atoms with Crippen molar-refractivity contribution in [3.05, 3.63) is 22.3 Å². The van der Waals surface area contributed by atoms with Crippen molar-refractivity contribution in [2.75, 3.05) is 43.2 Å². The minimum atomic E-state index is -3.35. The van der Waals surface area contributed by atoms with Crippen molar-refractivity contribution in [1.82, 2.24) is 15.2 Å². The molecule has 0 atom stereocenters. The number of rotatable bonds is 5. The molecule has 6 nitrogen and oxygen atoms in total. The average Bonchev–Trinajstić information content (AvgIpc) is 2.42. The largest absolute Gasteiger partial charge is 0.314 e. The van der Waals surface area contributed by atoms with Crippen LogP contribution in [-0.2, 0) is 10.0 Å². The highest BCUT2D eigenvalue weighted by molar-refractivity contribution is 9.10. The molecule has 1 saturated heterocycles. The molecular formula is C12H19BrN4O2S. The molecule has 0 saturated carbocycles. The number of sulfonamides is 1. The zero-order chi connectivity index (χ0) is 14.6. The van der Waals surface area contributed by atoms with E-state index in [4.69, 9.17) is 0 Å². The van der Waals surface area contributed by atoms with Gasteiger partial charge in [-0.05, 0) is 35.0 Å². The highest BCUT2D eigenvalue weighted by atomic mass is 79.9. The van der Waals surface area contributed by atoms with Gasteiger partial charge in [0.1, 0.15) is 5.82 Å². The molecule has 2 heterocycles. The maximum Gasteiger partial charge on any atom is 0.235 e. The maximum absolute atomic E-state index is 12.0. The zero-order valence-corrected chi connectivity index (χ0v) is 13.8. The molecule has 1 fully saturated rings. The highest BCUT2D eigenvalue weighted by Crippen LogP contribution is 2.16. The Hall–Kier alpha value is -0.700. The smallest absolute Gasteiger partial charge is 0.235 e. The number of aromatic nitrogens is 1. The van der Waals surface area contributed by atoms with Crippen LogP contribution in [0.25, 0.3) is 0 Å². The third kappa shape index (κ3) is 4.69. The van der Waals surface area contributed by atoms with E-state index in [1.54, 1.807) is 12.1 Å². The first kappa shape index (κ1) is 15.7. The molecule has 20 heavy (non-hydrogen) atoms. The SMILES string of the molecule is Cc1nc(NS(=O)(=O)CCN2CCNCC2)ccc1Br. The molecule has 0 aliphatic carbocycles. The lowest BCUT2D eigenvalue weighted by molar-refractivity contribution is 0.254. The van der Waals surface area contributed by atoms with Crippen LogP contribution in [0.2, 0.25) is 0 Å². The molecule has 0 radical (unpaired) electrons. The second kappa shape index (κ2) is 6.84. The number of hydrogen-bond donors (Lipinski definition) is 2. The minimum Gasteiger partial charge on any atom is -0.314 e. The van der Waals surface area contributed by atoms with Crippen molar-refractivity contribution in [2.24, 2.45) is 0 Å². The van der Waals surface area contributed by atoms with E-state index in [9.17, 15) is 8.42 Å². The monoisotopic (exact) mass is 362 g/mol. The summed E-state index contributed by atoms with van der Waals surface area (Å²) in [6.07, 6.45) is 0. The number of halogens is 1. The normalized spacial score (nSPS) is 17.1. The fraction of sp³-hybridized carbons (Fsp3) is 0.583. The van der Waals surface area contributed by atoms with Crippen molar-refractivity contribution < 1.29 is 8.42 Å². The van der Waals surface area contributed by atoms with Crippen LogP contribution in [0.4, 0.5) is 5.82 Å². The number of nitrogens with one attached hydrogen (secondary N) is 2. The molecule has 0 spiro atoms. The number of piperazine rings is 1. The fourth-order valence-corrected chi connectivity index (χ4v) is 3.25. The summed E-state index contributed by atoms with van der Waals surface area (Å²) in [7, 11) is -3.35. The van der Waals surface area contributed by atoms with E-state index in [0.717, 1.165) is 36.3 Å². The Morgan fingerprint density at radius 3 is 2.75 bits per heavy atom. The molecule has 1 aromatic rings. The minimum absolute atomic E-state index is 0.0871. The Balaban J connectivity index is 1.91. The Morgan fingerprint density at radius 2 is 2.10 bits per heavy atom. The first-order valence-corrected chi connectivity index (χ1v) is 8.97. The summed E-state index contributed by atoms with van der Waals surface area (Å²) in [6, 6.07) is 3.44. The molecule has 1 aliphatic rings. The first-order valence-electron chi connectivity index (χ1n) is 6.53. The van der Waals surface area contributed by atoms with Crippen molar-refractivity contribution >= 4 is 31.8 Å². The third-order valence-electron chi connectivity index (χ3n) is 3.17. The van der Waals surface area contributed by atoms with Crippen LogP contribution >= 0.6 is 15.9 Å². The average molecular weight is 363 g/mol. The van der Waals surface area contributed by atoms with Gasteiger partial charge < -0.3 is 5.32 Å². The van der Waals surface area contributed by atoms with Gasteiger partial charge in [0.05, 0.1) is 11.4 Å². The lowest BCUT2D eigenvalue weighted by Gasteiger charge is -2.26. The van der Waals surface area contributed by atoms with E-state index in [2.05, 4.69) is 35.9 Å². The van der Waals surface area contributed by atoms with Crippen molar-refractivity contribution in [2.45, 2.75) is 6.92 Å². The summed E-state index contributed by atoms with van der Waals surface area (Å²) in [6.45, 7) is 5.99. The molecule has 1 aliphatic heterocycles. The van der Waals surface area contributed by atoms with Crippen LogP contribution in [0.15, 0.2) is 16.6 Å². The molecule has 0 amide bonds. The second-order valence-electron chi connectivity index (χ2n) is 4.78. The second-order valence-corrected chi connectivity index (χ2v) is 7.47. The van der Waals surface area contributed by atoms with Gasteiger partial charge in [-0.25, -0.2) is 13.4 Å². The maximum atomic E-state index is 12.0. The van der Waals surface area contributed by atoms with Crippen LogP contribution in [0.1, 0.15) is 5.69 Å². The van der Waals surface area contributed by atoms with Gasteiger partial charge in [-0.2, -0.15) is 0 Å². The van der Waals surface area contributed by atoms with Gasteiger partial charge in [0, 0.05) is 37.2 Å². The van der Waals surface area contributed by atoms with Crippen molar-refractivity contribution in [3.8, 4) is 0 Å². The lowest BCUT2D eigenvalue weighted by Crippen LogP contribution is -2.45. The summed E-state index contributed by atoms with van der Waals surface area (Å²) in [5.74, 6) is 0.454. The number of hydrogen-bond acceptors (Lipinski definition) is 5. The molecule has 2 rings (SSSR count). The van der Waals surface area contributed by atoms with E-state index < -0.39 is 10.0 Å². The fourth-order valence-electron chi connectivity index (χ4n) is 2.00. The molecule has 112 valence electrons. The van der Waals surface area contributed by atoms with E-state index >= 15 is 0 Å². The summed E-state index contributed by atoms with van der Waals surface area (Å²) in [4.78, 5) is 6.34. The highest BCUT2D eigenvalue weighted by Gasteiger charge is 2.16. The van der Waals surface area contributed by atoms with Gasteiger partial charge in [0.15, 0.2) is 0 Å². The topological polar surface area (TPSA) is 74.3 Å².